The monoisotopic (exact) mass is 199 g/mol. The molecule has 0 amide bonds. The van der Waals surface area contributed by atoms with Gasteiger partial charge in [0.15, 0.2) is 0 Å². The fourth-order valence-corrected chi connectivity index (χ4v) is 1.39. The fourth-order valence-electron chi connectivity index (χ4n) is 1.39. The summed E-state index contributed by atoms with van der Waals surface area (Å²) in [6.45, 7) is 4.86. The number of hydrogen-bond donors (Lipinski definition) is 1. The van der Waals surface area contributed by atoms with E-state index in [9.17, 15) is 4.79 Å². The lowest BCUT2D eigenvalue weighted by Crippen LogP contribution is -2.44. The molecule has 4 heteroatoms. The molecule has 0 aromatic rings. The van der Waals surface area contributed by atoms with Gasteiger partial charge in [0.05, 0.1) is 18.8 Å². The minimum atomic E-state index is -0.354. The van der Waals surface area contributed by atoms with Gasteiger partial charge in [-0.2, -0.15) is 0 Å². The maximum absolute atomic E-state index is 10.8. The van der Waals surface area contributed by atoms with Crippen molar-refractivity contribution >= 4 is 5.97 Å². The third-order valence-corrected chi connectivity index (χ3v) is 2.72. The van der Waals surface area contributed by atoms with Crippen molar-refractivity contribution in [3.63, 3.8) is 0 Å². The Labute approximate surface area is 84.3 Å². The Bertz CT molecular complexity index is 240. The van der Waals surface area contributed by atoms with Crippen LogP contribution in [0, 0.1) is 0 Å². The Morgan fingerprint density at radius 1 is 1.71 bits per heavy atom. The smallest absolute Gasteiger partial charge is 0.331 e. The lowest BCUT2D eigenvalue weighted by Gasteiger charge is -2.27. The van der Waals surface area contributed by atoms with Crippen molar-refractivity contribution in [3.8, 4) is 0 Å². The van der Waals surface area contributed by atoms with Gasteiger partial charge in [-0.3, -0.25) is 0 Å². The molecule has 1 aliphatic rings. The lowest BCUT2D eigenvalue weighted by atomic mass is 9.95. The molecular weight excluding hydrogens is 182 g/mol. The van der Waals surface area contributed by atoms with Gasteiger partial charge >= 0.3 is 5.97 Å². The third kappa shape index (κ3) is 2.48. The number of carbonyl (C=O) groups is 1. The van der Waals surface area contributed by atoms with E-state index in [2.05, 4.69) is 17.0 Å². The zero-order valence-electron chi connectivity index (χ0n) is 8.87. The molecule has 1 N–H and O–H groups in total. The second kappa shape index (κ2) is 4.46. The summed E-state index contributed by atoms with van der Waals surface area (Å²) in [5.74, 6) is -0.354. The first-order valence-electron chi connectivity index (χ1n) is 4.72. The van der Waals surface area contributed by atoms with Crippen LogP contribution < -0.4 is 5.32 Å². The van der Waals surface area contributed by atoms with Gasteiger partial charge in [0.1, 0.15) is 0 Å². The molecule has 4 nitrogen and oxygen atoms in total. The average Bonchev–Trinajstić information content (AvgIpc) is 2.47. The molecule has 2 atom stereocenters. The zero-order chi connectivity index (χ0) is 10.6. The number of carbonyl (C=O) groups excluding carboxylic acids is 1. The Kier molecular flexibility index (Phi) is 3.52. The summed E-state index contributed by atoms with van der Waals surface area (Å²) in [6.07, 6.45) is 4.09. The summed E-state index contributed by atoms with van der Waals surface area (Å²) in [5.41, 5.74) is -0.0788. The summed E-state index contributed by atoms with van der Waals surface area (Å²) < 4.78 is 9.92. The predicted molar refractivity (Wildman–Crippen MR) is 52.7 cm³/mol. The van der Waals surface area contributed by atoms with Gasteiger partial charge < -0.3 is 14.8 Å². The van der Waals surface area contributed by atoms with Crippen LogP contribution in [0.4, 0.5) is 0 Å². The molecule has 1 heterocycles. The Morgan fingerprint density at radius 2 is 2.43 bits per heavy atom. The van der Waals surface area contributed by atoms with Crippen molar-refractivity contribution in [2.45, 2.75) is 31.9 Å². The van der Waals surface area contributed by atoms with Crippen molar-refractivity contribution < 1.29 is 14.3 Å². The SMILES string of the molecule is COC(=O)/C=C/NC1(C)CCOC1C. The highest BCUT2D eigenvalue weighted by molar-refractivity contribution is 5.81. The second-order valence-electron chi connectivity index (χ2n) is 3.68. The van der Waals surface area contributed by atoms with Gasteiger partial charge in [-0.25, -0.2) is 4.79 Å². The normalized spacial score (nSPS) is 32.1. The van der Waals surface area contributed by atoms with Gasteiger partial charge in [-0.1, -0.05) is 0 Å². The highest BCUT2D eigenvalue weighted by Crippen LogP contribution is 2.24. The van der Waals surface area contributed by atoms with Crippen LogP contribution >= 0.6 is 0 Å². The van der Waals surface area contributed by atoms with E-state index >= 15 is 0 Å². The molecule has 1 saturated heterocycles. The van der Waals surface area contributed by atoms with Gasteiger partial charge in [0.2, 0.25) is 0 Å². The van der Waals surface area contributed by atoms with E-state index in [1.807, 2.05) is 6.92 Å². The van der Waals surface area contributed by atoms with E-state index in [1.54, 1.807) is 6.20 Å². The van der Waals surface area contributed by atoms with Gasteiger partial charge in [0, 0.05) is 18.9 Å². The van der Waals surface area contributed by atoms with Crippen molar-refractivity contribution in [1.82, 2.24) is 5.32 Å². The largest absolute Gasteiger partial charge is 0.466 e. The van der Waals surface area contributed by atoms with E-state index < -0.39 is 0 Å². The van der Waals surface area contributed by atoms with Crippen molar-refractivity contribution in [2.75, 3.05) is 13.7 Å². The number of rotatable bonds is 3. The Balaban J connectivity index is 2.44. The molecule has 0 aromatic heterocycles. The van der Waals surface area contributed by atoms with Crippen LogP contribution in [-0.4, -0.2) is 31.3 Å². The van der Waals surface area contributed by atoms with Crippen LogP contribution in [0.1, 0.15) is 20.3 Å². The summed E-state index contributed by atoms with van der Waals surface area (Å²) in [6, 6.07) is 0. The Hall–Kier alpha value is -1.03. The second-order valence-corrected chi connectivity index (χ2v) is 3.68. The van der Waals surface area contributed by atoms with Gasteiger partial charge in [0.25, 0.3) is 0 Å². The molecule has 0 bridgehead atoms. The molecule has 0 aliphatic carbocycles. The third-order valence-electron chi connectivity index (χ3n) is 2.72. The number of esters is 1. The predicted octanol–water partition coefficient (Wildman–Crippen LogP) is 0.830. The molecular formula is C10H17NO3. The number of nitrogens with one attached hydrogen (secondary N) is 1. The van der Waals surface area contributed by atoms with Crippen molar-refractivity contribution in [3.05, 3.63) is 12.3 Å². The summed E-state index contributed by atoms with van der Waals surface area (Å²) in [5, 5.41) is 3.17. The molecule has 1 aliphatic heterocycles. The van der Waals surface area contributed by atoms with Crippen molar-refractivity contribution in [1.29, 1.82) is 0 Å². The highest BCUT2D eigenvalue weighted by Gasteiger charge is 2.35. The summed E-state index contributed by atoms with van der Waals surface area (Å²) in [4.78, 5) is 10.8. The fraction of sp³-hybridized carbons (Fsp3) is 0.700. The van der Waals surface area contributed by atoms with Crippen LogP contribution in [0.5, 0.6) is 0 Å². The minimum Gasteiger partial charge on any atom is -0.466 e. The zero-order valence-corrected chi connectivity index (χ0v) is 8.87. The standard InChI is InChI=1S/C10H17NO3/c1-8-10(2,5-7-14-8)11-6-4-9(12)13-3/h4,6,8,11H,5,7H2,1-3H3/b6-4+. The molecule has 80 valence electrons. The van der Waals surface area contributed by atoms with Crippen molar-refractivity contribution in [2.24, 2.45) is 0 Å². The van der Waals surface area contributed by atoms with Crippen LogP contribution in [0.3, 0.4) is 0 Å². The highest BCUT2D eigenvalue weighted by atomic mass is 16.5. The topological polar surface area (TPSA) is 47.6 Å². The first kappa shape index (κ1) is 11.0. The van der Waals surface area contributed by atoms with E-state index in [1.165, 1.54) is 13.2 Å². The Morgan fingerprint density at radius 3 is 2.93 bits per heavy atom. The summed E-state index contributed by atoms with van der Waals surface area (Å²) in [7, 11) is 1.36. The molecule has 0 spiro atoms. The molecule has 1 fully saturated rings. The van der Waals surface area contributed by atoms with Crippen LogP contribution in [0.15, 0.2) is 12.3 Å². The first-order valence-corrected chi connectivity index (χ1v) is 4.72. The number of hydrogen-bond acceptors (Lipinski definition) is 4. The molecule has 0 aromatic carbocycles. The van der Waals surface area contributed by atoms with Crippen LogP contribution in [0.25, 0.3) is 0 Å². The number of methoxy groups -OCH3 is 1. The summed E-state index contributed by atoms with van der Waals surface area (Å²) >= 11 is 0. The molecule has 14 heavy (non-hydrogen) atoms. The molecule has 0 saturated carbocycles. The van der Waals surface area contributed by atoms with E-state index in [4.69, 9.17) is 4.74 Å². The minimum absolute atomic E-state index is 0.0788. The lowest BCUT2D eigenvalue weighted by molar-refractivity contribution is -0.134. The van der Waals surface area contributed by atoms with Crippen LogP contribution in [-0.2, 0) is 14.3 Å². The van der Waals surface area contributed by atoms with E-state index in [-0.39, 0.29) is 17.6 Å². The molecule has 0 radical (unpaired) electrons. The molecule has 1 rings (SSSR count). The maximum atomic E-state index is 10.8. The molecule has 2 unspecified atom stereocenters. The van der Waals surface area contributed by atoms with Gasteiger partial charge in [-0.05, 0) is 20.3 Å². The average molecular weight is 199 g/mol. The van der Waals surface area contributed by atoms with E-state index in [0.29, 0.717) is 0 Å². The number of ether oxygens (including phenoxy) is 2. The first-order chi connectivity index (χ1) is 6.58. The quantitative estimate of drug-likeness (QED) is 0.540. The van der Waals surface area contributed by atoms with E-state index in [0.717, 1.165) is 13.0 Å². The van der Waals surface area contributed by atoms with Crippen LogP contribution in [0.2, 0.25) is 0 Å². The van der Waals surface area contributed by atoms with Gasteiger partial charge in [-0.15, -0.1) is 0 Å². The maximum Gasteiger partial charge on any atom is 0.331 e.